The van der Waals surface area contributed by atoms with Crippen LogP contribution in [-0.2, 0) is 6.54 Å². The largest absolute Gasteiger partial charge is 0.489 e. The van der Waals surface area contributed by atoms with E-state index in [1.807, 2.05) is 12.1 Å². The minimum Gasteiger partial charge on any atom is -0.489 e. The zero-order valence-electron chi connectivity index (χ0n) is 9.43. The molecule has 0 heterocycles. The van der Waals surface area contributed by atoms with Crippen molar-refractivity contribution in [2.24, 2.45) is 0 Å². The average molecular weight is 246 g/mol. The third-order valence-corrected chi connectivity index (χ3v) is 2.41. The first-order valence-corrected chi connectivity index (χ1v) is 5.84. The highest BCUT2D eigenvalue weighted by Gasteiger charge is 2.07. The highest BCUT2D eigenvalue weighted by molar-refractivity contribution is 6.32. The Labute approximate surface area is 101 Å². The van der Waals surface area contributed by atoms with E-state index in [-0.39, 0.29) is 6.61 Å². The Morgan fingerprint density at radius 3 is 2.94 bits per heavy atom. The van der Waals surface area contributed by atoms with Gasteiger partial charge in [-0.1, -0.05) is 30.7 Å². The average Bonchev–Trinajstić information content (AvgIpc) is 2.28. The van der Waals surface area contributed by atoms with Gasteiger partial charge in [-0.3, -0.25) is 0 Å². The van der Waals surface area contributed by atoms with Gasteiger partial charge in [-0.05, 0) is 19.0 Å². The predicted molar refractivity (Wildman–Crippen MR) is 64.9 cm³/mol. The summed E-state index contributed by atoms with van der Waals surface area (Å²) in [6.07, 6.45) is 1.07. The van der Waals surface area contributed by atoms with E-state index >= 15 is 0 Å². The lowest BCUT2D eigenvalue weighted by Crippen LogP contribution is -2.15. The van der Waals surface area contributed by atoms with Crippen molar-refractivity contribution in [1.82, 2.24) is 5.32 Å². The Kier molecular flexibility index (Phi) is 6.19. The zero-order valence-corrected chi connectivity index (χ0v) is 10.2. The highest BCUT2D eigenvalue weighted by Crippen LogP contribution is 2.28. The zero-order chi connectivity index (χ0) is 11.8. The van der Waals surface area contributed by atoms with Crippen LogP contribution >= 0.6 is 11.6 Å². The summed E-state index contributed by atoms with van der Waals surface area (Å²) in [6.45, 7) is 3.27. The van der Waals surface area contributed by atoms with E-state index < -0.39 is 6.67 Å². The second-order valence-electron chi connectivity index (χ2n) is 3.44. The molecule has 1 rings (SSSR count). The van der Waals surface area contributed by atoms with Gasteiger partial charge in [-0.25, -0.2) is 4.39 Å². The number of ether oxygens (including phenoxy) is 1. The van der Waals surface area contributed by atoms with Gasteiger partial charge in [0.2, 0.25) is 0 Å². The van der Waals surface area contributed by atoms with E-state index in [1.165, 1.54) is 0 Å². The molecule has 16 heavy (non-hydrogen) atoms. The number of benzene rings is 1. The van der Waals surface area contributed by atoms with Gasteiger partial charge in [0.15, 0.2) is 0 Å². The number of hydrogen-bond acceptors (Lipinski definition) is 2. The first-order valence-electron chi connectivity index (χ1n) is 5.46. The molecule has 4 heteroatoms. The molecule has 0 aromatic heterocycles. The van der Waals surface area contributed by atoms with Crippen molar-refractivity contribution in [2.75, 3.05) is 19.8 Å². The SMILES string of the molecule is CCCNCc1cccc(Cl)c1OCCF. The Balaban J connectivity index is 2.68. The molecule has 2 nitrogen and oxygen atoms in total. The van der Waals surface area contributed by atoms with Crippen LogP contribution in [0.3, 0.4) is 0 Å². The maximum Gasteiger partial charge on any atom is 0.142 e. The van der Waals surface area contributed by atoms with Crippen molar-refractivity contribution in [3.05, 3.63) is 28.8 Å². The number of para-hydroxylation sites is 1. The quantitative estimate of drug-likeness (QED) is 0.745. The summed E-state index contributed by atoms with van der Waals surface area (Å²) in [5.74, 6) is 0.588. The first-order chi connectivity index (χ1) is 7.79. The molecule has 0 fully saturated rings. The summed E-state index contributed by atoms with van der Waals surface area (Å²) in [6, 6.07) is 5.55. The van der Waals surface area contributed by atoms with E-state index in [0.29, 0.717) is 17.3 Å². The van der Waals surface area contributed by atoms with Crippen LogP contribution in [0.1, 0.15) is 18.9 Å². The molecular formula is C12H17ClFNO. The predicted octanol–water partition coefficient (Wildman–Crippen LogP) is 3.19. The lowest BCUT2D eigenvalue weighted by Gasteiger charge is -2.12. The fraction of sp³-hybridized carbons (Fsp3) is 0.500. The number of rotatable bonds is 7. The molecule has 1 aromatic rings. The van der Waals surface area contributed by atoms with Crippen LogP contribution in [0, 0.1) is 0 Å². The molecule has 1 aromatic carbocycles. The number of hydrogen-bond donors (Lipinski definition) is 1. The molecule has 0 radical (unpaired) electrons. The first kappa shape index (κ1) is 13.3. The fourth-order valence-corrected chi connectivity index (χ4v) is 1.64. The summed E-state index contributed by atoms with van der Waals surface area (Å²) in [4.78, 5) is 0. The minimum atomic E-state index is -0.507. The van der Waals surface area contributed by atoms with Crippen molar-refractivity contribution in [1.29, 1.82) is 0 Å². The van der Waals surface area contributed by atoms with Crippen molar-refractivity contribution in [3.8, 4) is 5.75 Å². The Morgan fingerprint density at radius 2 is 2.25 bits per heavy atom. The lowest BCUT2D eigenvalue weighted by atomic mass is 10.2. The Hall–Kier alpha value is -0.800. The second kappa shape index (κ2) is 7.47. The van der Waals surface area contributed by atoms with E-state index in [4.69, 9.17) is 16.3 Å². The summed E-state index contributed by atoms with van der Waals surface area (Å²) in [7, 11) is 0. The van der Waals surface area contributed by atoms with Crippen LogP contribution < -0.4 is 10.1 Å². The van der Waals surface area contributed by atoms with Gasteiger partial charge in [0.1, 0.15) is 19.0 Å². The maximum absolute atomic E-state index is 12.1. The van der Waals surface area contributed by atoms with Crippen LogP contribution in [0.2, 0.25) is 5.02 Å². The van der Waals surface area contributed by atoms with Crippen LogP contribution in [0.4, 0.5) is 4.39 Å². The van der Waals surface area contributed by atoms with E-state index in [2.05, 4.69) is 12.2 Å². The van der Waals surface area contributed by atoms with Gasteiger partial charge in [0.25, 0.3) is 0 Å². The summed E-state index contributed by atoms with van der Waals surface area (Å²) < 4.78 is 17.4. The third kappa shape index (κ3) is 3.99. The topological polar surface area (TPSA) is 21.3 Å². The van der Waals surface area contributed by atoms with Gasteiger partial charge in [-0.2, -0.15) is 0 Å². The van der Waals surface area contributed by atoms with Crippen molar-refractivity contribution in [2.45, 2.75) is 19.9 Å². The molecule has 0 aliphatic rings. The lowest BCUT2D eigenvalue weighted by molar-refractivity contribution is 0.270. The highest BCUT2D eigenvalue weighted by atomic mass is 35.5. The van der Waals surface area contributed by atoms with Gasteiger partial charge in [0, 0.05) is 12.1 Å². The molecule has 0 saturated carbocycles. The standard InChI is InChI=1S/C12H17ClFNO/c1-2-7-15-9-10-4-3-5-11(13)12(10)16-8-6-14/h3-5,15H,2,6-9H2,1H3. The number of halogens is 2. The van der Waals surface area contributed by atoms with Crippen LogP contribution in [0.5, 0.6) is 5.75 Å². The third-order valence-electron chi connectivity index (χ3n) is 2.11. The summed E-state index contributed by atoms with van der Waals surface area (Å²) >= 11 is 6.00. The number of alkyl halides is 1. The molecule has 1 N–H and O–H groups in total. The molecule has 0 aliphatic heterocycles. The smallest absolute Gasteiger partial charge is 0.142 e. The Bertz CT molecular complexity index is 320. The van der Waals surface area contributed by atoms with Gasteiger partial charge in [-0.15, -0.1) is 0 Å². The molecule has 0 amide bonds. The van der Waals surface area contributed by atoms with Gasteiger partial charge >= 0.3 is 0 Å². The Morgan fingerprint density at radius 1 is 1.44 bits per heavy atom. The molecule has 90 valence electrons. The second-order valence-corrected chi connectivity index (χ2v) is 3.85. The monoisotopic (exact) mass is 245 g/mol. The maximum atomic E-state index is 12.1. The van der Waals surface area contributed by atoms with Crippen molar-refractivity contribution >= 4 is 11.6 Å². The molecule has 0 unspecified atom stereocenters. The molecule has 0 saturated heterocycles. The van der Waals surface area contributed by atoms with Crippen LogP contribution in [0.25, 0.3) is 0 Å². The van der Waals surface area contributed by atoms with E-state index in [1.54, 1.807) is 6.07 Å². The molecule has 0 aliphatic carbocycles. The fourth-order valence-electron chi connectivity index (χ4n) is 1.39. The van der Waals surface area contributed by atoms with Gasteiger partial charge < -0.3 is 10.1 Å². The molecule has 0 spiro atoms. The van der Waals surface area contributed by atoms with Crippen LogP contribution in [-0.4, -0.2) is 19.8 Å². The van der Waals surface area contributed by atoms with Crippen molar-refractivity contribution in [3.63, 3.8) is 0 Å². The summed E-state index contributed by atoms with van der Waals surface area (Å²) in [5.41, 5.74) is 0.967. The van der Waals surface area contributed by atoms with E-state index in [9.17, 15) is 4.39 Å². The molecule has 0 bridgehead atoms. The molecular weight excluding hydrogens is 229 g/mol. The van der Waals surface area contributed by atoms with Crippen molar-refractivity contribution < 1.29 is 9.13 Å². The summed E-state index contributed by atoms with van der Waals surface area (Å²) in [5, 5.41) is 3.79. The normalized spacial score (nSPS) is 10.4. The molecule has 0 atom stereocenters. The number of nitrogens with one attached hydrogen (secondary N) is 1. The van der Waals surface area contributed by atoms with E-state index in [0.717, 1.165) is 18.5 Å². The van der Waals surface area contributed by atoms with Gasteiger partial charge in [0.05, 0.1) is 5.02 Å². The van der Waals surface area contributed by atoms with Crippen LogP contribution in [0.15, 0.2) is 18.2 Å². The minimum absolute atomic E-state index is 0.0461.